The zero-order valence-corrected chi connectivity index (χ0v) is 11.6. The van der Waals surface area contributed by atoms with Gasteiger partial charge in [-0.05, 0) is 25.0 Å². The van der Waals surface area contributed by atoms with E-state index in [9.17, 15) is 4.79 Å². The summed E-state index contributed by atoms with van der Waals surface area (Å²) in [5, 5.41) is 9.09. The van der Waals surface area contributed by atoms with Crippen molar-refractivity contribution in [1.29, 1.82) is 0 Å². The summed E-state index contributed by atoms with van der Waals surface area (Å²) in [6.45, 7) is 5.30. The molecule has 1 unspecified atom stereocenters. The first-order chi connectivity index (χ1) is 9.04. The minimum atomic E-state index is -0.439. The minimum absolute atomic E-state index is 0.0127. The molecule has 4 heteroatoms. The molecular formula is C15H21NO3. The molecule has 19 heavy (non-hydrogen) atoms. The van der Waals surface area contributed by atoms with Crippen LogP contribution in [0.25, 0.3) is 0 Å². The van der Waals surface area contributed by atoms with Gasteiger partial charge < -0.3 is 14.7 Å². The number of hydrogen-bond acceptors (Lipinski definition) is 3. The van der Waals surface area contributed by atoms with Crippen molar-refractivity contribution in [3.8, 4) is 0 Å². The molecule has 0 spiro atoms. The first kappa shape index (κ1) is 14.0. The van der Waals surface area contributed by atoms with Gasteiger partial charge in [-0.3, -0.25) is 4.79 Å². The van der Waals surface area contributed by atoms with Crippen LogP contribution in [0.4, 0.5) is 0 Å². The van der Waals surface area contributed by atoms with Crippen molar-refractivity contribution in [2.75, 3.05) is 19.8 Å². The fraction of sp³-hybridized carbons (Fsp3) is 0.533. The van der Waals surface area contributed by atoms with Crippen LogP contribution in [0, 0.1) is 6.92 Å². The van der Waals surface area contributed by atoms with Crippen molar-refractivity contribution >= 4 is 5.91 Å². The fourth-order valence-electron chi connectivity index (χ4n) is 2.39. The number of rotatable bonds is 4. The zero-order valence-electron chi connectivity index (χ0n) is 11.6. The molecule has 1 saturated heterocycles. The van der Waals surface area contributed by atoms with Crippen LogP contribution in [0.5, 0.6) is 0 Å². The summed E-state index contributed by atoms with van der Waals surface area (Å²) in [4.78, 5) is 13.8. The first-order valence-corrected chi connectivity index (χ1v) is 6.61. The third kappa shape index (κ3) is 3.33. The van der Waals surface area contributed by atoms with Gasteiger partial charge in [0.2, 0.25) is 5.91 Å². The van der Waals surface area contributed by atoms with E-state index in [2.05, 4.69) is 0 Å². The Morgan fingerprint density at radius 1 is 1.42 bits per heavy atom. The summed E-state index contributed by atoms with van der Waals surface area (Å²) < 4.78 is 5.57. The molecule has 0 aromatic heterocycles. The molecule has 104 valence electrons. The lowest BCUT2D eigenvalue weighted by Crippen LogP contribution is -2.53. The molecule has 1 atom stereocenters. The Balaban J connectivity index is 2.10. The van der Waals surface area contributed by atoms with E-state index in [1.807, 2.05) is 43.0 Å². The molecule has 1 amide bonds. The summed E-state index contributed by atoms with van der Waals surface area (Å²) in [5.74, 6) is 0.0127. The van der Waals surface area contributed by atoms with E-state index in [1.54, 1.807) is 0 Å². The van der Waals surface area contributed by atoms with Crippen molar-refractivity contribution in [2.24, 2.45) is 0 Å². The predicted octanol–water partition coefficient (Wildman–Crippen LogP) is 1.49. The van der Waals surface area contributed by atoms with Gasteiger partial charge in [0.05, 0.1) is 5.60 Å². The molecule has 2 rings (SSSR count). The van der Waals surface area contributed by atoms with E-state index < -0.39 is 5.60 Å². The van der Waals surface area contributed by atoms with Gasteiger partial charge in [-0.2, -0.15) is 0 Å². The number of ether oxygens (including phenoxy) is 1. The molecule has 0 saturated carbocycles. The van der Waals surface area contributed by atoms with E-state index in [4.69, 9.17) is 9.84 Å². The number of carbonyl (C=O) groups is 1. The minimum Gasteiger partial charge on any atom is -0.396 e. The van der Waals surface area contributed by atoms with Gasteiger partial charge in [0.1, 0.15) is 6.61 Å². The zero-order chi connectivity index (χ0) is 13.9. The molecule has 1 aromatic rings. The molecule has 1 aromatic carbocycles. The number of aliphatic hydroxyl groups is 1. The van der Waals surface area contributed by atoms with Crippen LogP contribution >= 0.6 is 0 Å². The molecule has 1 heterocycles. The van der Waals surface area contributed by atoms with Crippen LogP contribution in [0.3, 0.4) is 0 Å². The number of benzene rings is 1. The van der Waals surface area contributed by atoms with Gasteiger partial charge >= 0.3 is 0 Å². The number of amides is 1. The predicted molar refractivity (Wildman–Crippen MR) is 72.7 cm³/mol. The van der Waals surface area contributed by atoms with Crippen molar-refractivity contribution in [2.45, 2.75) is 32.4 Å². The number of aliphatic hydroxyl groups excluding tert-OH is 1. The standard InChI is InChI=1S/C15H21NO3/c1-12-5-3-4-6-13(12)9-16-11-15(2,7-8-17)19-10-14(16)18/h3-6,17H,7-11H2,1-2H3. The Morgan fingerprint density at radius 2 is 2.16 bits per heavy atom. The smallest absolute Gasteiger partial charge is 0.248 e. The van der Waals surface area contributed by atoms with Crippen molar-refractivity contribution in [3.63, 3.8) is 0 Å². The highest BCUT2D eigenvalue weighted by atomic mass is 16.5. The van der Waals surface area contributed by atoms with Crippen molar-refractivity contribution < 1.29 is 14.6 Å². The lowest BCUT2D eigenvalue weighted by Gasteiger charge is -2.40. The highest BCUT2D eigenvalue weighted by molar-refractivity contribution is 5.78. The van der Waals surface area contributed by atoms with Crippen LogP contribution in [0.2, 0.25) is 0 Å². The van der Waals surface area contributed by atoms with Gasteiger partial charge in [0, 0.05) is 26.1 Å². The van der Waals surface area contributed by atoms with Crippen molar-refractivity contribution in [3.05, 3.63) is 35.4 Å². The molecular weight excluding hydrogens is 242 g/mol. The molecule has 1 N–H and O–H groups in total. The number of carbonyl (C=O) groups excluding carboxylic acids is 1. The quantitative estimate of drug-likeness (QED) is 0.895. The maximum Gasteiger partial charge on any atom is 0.248 e. The first-order valence-electron chi connectivity index (χ1n) is 6.61. The molecule has 1 aliphatic heterocycles. The lowest BCUT2D eigenvalue weighted by molar-refractivity contribution is -0.164. The SMILES string of the molecule is Cc1ccccc1CN1CC(C)(CCO)OCC1=O. The summed E-state index contributed by atoms with van der Waals surface area (Å²) in [6, 6.07) is 8.07. The van der Waals surface area contributed by atoms with Gasteiger partial charge in [0.25, 0.3) is 0 Å². The molecule has 0 aliphatic carbocycles. The Bertz CT molecular complexity index is 460. The number of hydrogen-bond donors (Lipinski definition) is 1. The topological polar surface area (TPSA) is 49.8 Å². The number of aryl methyl sites for hydroxylation is 1. The van der Waals surface area contributed by atoms with E-state index in [-0.39, 0.29) is 19.1 Å². The summed E-state index contributed by atoms with van der Waals surface area (Å²) in [6.07, 6.45) is 0.546. The van der Waals surface area contributed by atoms with Crippen molar-refractivity contribution in [1.82, 2.24) is 4.90 Å². The molecule has 1 aliphatic rings. The summed E-state index contributed by atoms with van der Waals surface area (Å²) in [5.41, 5.74) is 1.90. The lowest BCUT2D eigenvalue weighted by atomic mass is 9.99. The average molecular weight is 263 g/mol. The van der Waals surface area contributed by atoms with Crippen LogP contribution in [0.1, 0.15) is 24.5 Å². The normalized spacial score (nSPS) is 23.7. The van der Waals surface area contributed by atoms with Crippen LogP contribution in [-0.4, -0.2) is 41.3 Å². The fourth-order valence-corrected chi connectivity index (χ4v) is 2.39. The summed E-state index contributed by atoms with van der Waals surface area (Å²) >= 11 is 0. The van der Waals surface area contributed by atoms with Gasteiger partial charge in [0.15, 0.2) is 0 Å². The number of nitrogens with zero attached hydrogens (tertiary/aromatic N) is 1. The summed E-state index contributed by atoms with van der Waals surface area (Å²) in [7, 11) is 0. The Hall–Kier alpha value is -1.39. The maximum absolute atomic E-state index is 11.9. The Labute approximate surface area is 114 Å². The molecule has 0 radical (unpaired) electrons. The van der Waals surface area contributed by atoms with E-state index in [1.165, 1.54) is 5.56 Å². The highest BCUT2D eigenvalue weighted by Gasteiger charge is 2.35. The van der Waals surface area contributed by atoms with Gasteiger partial charge in [-0.25, -0.2) is 0 Å². The van der Waals surface area contributed by atoms with E-state index in [0.29, 0.717) is 19.5 Å². The highest BCUT2D eigenvalue weighted by Crippen LogP contribution is 2.23. The second kappa shape index (κ2) is 5.72. The number of morpholine rings is 1. The largest absolute Gasteiger partial charge is 0.396 e. The maximum atomic E-state index is 11.9. The van der Waals surface area contributed by atoms with E-state index in [0.717, 1.165) is 5.56 Å². The average Bonchev–Trinajstić information content (AvgIpc) is 2.37. The second-order valence-corrected chi connectivity index (χ2v) is 5.39. The second-order valence-electron chi connectivity index (χ2n) is 5.39. The molecule has 1 fully saturated rings. The Kier molecular flexibility index (Phi) is 4.22. The Morgan fingerprint density at radius 3 is 2.84 bits per heavy atom. The van der Waals surface area contributed by atoms with E-state index >= 15 is 0 Å². The third-order valence-corrected chi connectivity index (χ3v) is 3.69. The van der Waals surface area contributed by atoms with Gasteiger partial charge in [-0.15, -0.1) is 0 Å². The monoisotopic (exact) mass is 263 g/mol. The van der Waals surface area contributed by atoms with Crippen LogP contribution in [0.15, 0.2) is 24.3 Å². The van der Waals surface area contributed by atoms with Gasteiger partial charge in [-0.1, -0.05) is 24.3 Å². The molecule has 0 bridgehead atoms. The van der Waals surface area contributed by atoms with Crippen LogP contribution in [-0.2, 0) is 16.1 Å². The van der Waals surface area contributed by atoms with Crippen LogP contribution < -0.4 is 0 Å². The third-order valence-electron chi connectivity index (χ3n) is 3.69. The molecule has 4 nitrogen and oxygen atoms in total.